The molecule has 0 aliphatic rings. The molecular weight excluding hydrogens is 469 g/mol. The van der Waals surface area contributed by atoms with E-state index in [0.717, 1.165) is 18.4 Å². The molecule has 0 aliphatic heterocycles. The molecule has 0 saturated heterocycles. The Morgan fingerprint density at radius 3 is 2.24 bits per heavy atom. The van der Waals surface area contributed by atoms with Gasteiger partial charge in [0.2, 0.25) is 10.0 Å². The van der Waals surface area contributed by atoms with Crippen LogP contribution in [-0.2, 0) is 26.6 Å². The summed E-state index contributed by atoms with van der Waals surface area (Å²) in [4.78, 5) is 12.7. The molecule has 3 aromatic rings. The molecule has 0 atom stereocenters. The van der Waals surface area contributed by atoms with Gasteiger partial charge in [-0.25, -0.2) is 21.2 Å². The summed E-state index contributed by atoms with van der Waals surface area (Å²) in [5.74, 6) is -1.03. The minimum atomic E-state index is -4.02. The number of hydrogen-bond donors (Lipinski definition) is 3. The molecule has 0 unspecified atom stereocenters. The number of carbonyl (C=O) groups is 1. The number of aryl methyl sites for hydroxylation is 1. The molecular formula is C22H22FN3O5S2. The first-order valence-corrected chi connectivity index (χ1v) is 13.0. The summed E-state index contributed by atoms with van der Waals surface area (Å²) in [6.07, 6.45) is 1.03. The van der Waals surface area contributed by atoms with Gasteiger partial charge in [-0.3, -0.25) is 14.2 Å². The lowest BCUT2D eigenvalue weighted by Crippen LogP contribution is -2.25. The number of halogens is 1. The Kier molecular flexibility index (Phi) is 7.04. The van der Waals surface area contributed by atoms with Crippen molar-refractivity contribution >= 4 is 37.3 Å². The second-order valence-corrected chi connectivity index (χ2v) is 10.7. The van der Waals surface area contributed by atoms with E-state index in [4.69, 9.17) is 0 Å². The van der Waals surface area contributed by atoms with Crippen LogP contribution in [0.3, 0.4) is 0 Å². The lowest BCUT2D eigenvalue weighted by Gasteiger charge is -2.14. The zero-order chi connectivity index (χ0) is 24.2. The number of nitrogens with one attached hydrogen (secondary N) is 3. The van der Waals surface area contributed by atoms with Gasteiger partial charge in [-0.15, -0.1) is 0 Å². The second kappa shape index (κ2) is 9.59. The molecule has 174 valence electrons. The highest BCUT2D eigenvalue weighted by Gasteiger charge is 2.19. The average molecular weight is 492 g/mol. The first kappa shape index (κ1) is 24.2. The van der Waals surface area contributed by atoms with Gasteiger partial charge in [0.1, 0.15) is 5.82 Å². The van der Waals surface area contributed by atoms with Crippen molar-refractivity contribution in [2.75, 3.05) is 15.7 Å². The number of anilines is 2. The Balaban J connectivity index is 1.80. The Morgan fingerprint density at radius 2 is 1.58 bits per heavy atom. The molecule has 0 aromatic heterocycles. The summed E-state index contributed by atoms with van der Waals surface area (Å²) in [7, 11) is -7.53. The van der Waals surface area contributed by atoms with Crippen LogP contribution in [0.25, 0.3) is 0 Å². The Labute approximate surface area is 192 Å². The van der Waals surface area contributed by atoms with E-state index in [1.165, 1.54) is 30.3 Å². The van der Waals surface area contributed by atoms with Gasteiger partial charge < -0.3 is 5.32 Å². The lowest BCUT2D eigenvalue weighted by molar-refractivity contribution is 0.0950. The fourth-order valence-electron chi connectivity index (χ4n) is 2.99. The third-order valence-corrected chi connectivity index (χ3v) is 6.58. The third kappa shape index (κ3) is 6.53. The number of rotatable bonds is 8. The fraction of sp³-hybridized carbons (Fsp3) is 0.136. The van der Waals surface area contributed by atoms with Gasteiger partial charge in [0, 0.05) is 17.8 Å². The van der Waals surface area contributed by atoms with Crippen molar-refractivity contribution < 1.29 is 26.0 Å². The van der Waals surface area contributed by atoms with E-state index >= 15 is 0 Å². The Hall–Kier alpha value is -3.44. The van der Waals surface area contributed by atoms with E-state index in [0.29, 0.717) is 16.8 Å². The first-order chi connectivity index (χ1) is 15.4. The number of carbonyl (C=O) groups excluding carboxylic acids is 1. The third-order valence-electron chi connectivity index (χ3n) is 4.61. The minimum Gasteiger partial charge on any atom is -0.348 e. The molecule has 0 aliphatic carbocycles. The van der Waals surface area contributed by atoms with Gasteiger partial charge in [0.15, 0.2) is 0 Å². The molecule has 8 nitrogen and oxygen atoms in total. The zero-order valence-electron chi connectivity index (χ0n) is 17.8. The second-order valence-electron chi connectivity index (χ2n) is 7.30. The average Bonchev–Trinajstić information content (AvgIpc) is 2.73. The smallest absolute Gasteiger partial charge is 0.261 e. The number of para-hydroxylation sites is 1. The van der Waals surface area contributed by atoms with Crippen molar-refractivity contribution in [3.63, 3.8) is 0 Å². The van der Waals surface area contributed by atoms with Crippen molar-refractivity contribution in [3.8, 4) is 0 Å². The van der Waals surface area contributed by atoms with E-state index in [9.17, 15) is 26.0 Å². The van der Waals surface area contributed by atoms with E-state index in [1.54, 1.807) is 31.2 Å². The van der Waals surface area contributed by atoms with Crippen LogP contribution in [0.4, 0.5) is 15.8 Å². The first-order valence-electron chi connectivity index (χ1n) is 9.67. The van der Waals surface area contributed by atoms with E-state index in [-0.39, 0.29) is 22.7 Å². The summed E-state index contributed by atoms with van der Waals surface area (Å²) in [5, 5.41) is 2.69. The molecule has 0 fully saturated rings. The molecule has 0 spiro atoms. The summed E-state index contributed by atoms with van der Waals surface area (Å²) < 4.78 is 66.4. The maximum Gasteiger partial charge on any atom is 0.261 e. The van der Waals surface area contributed by atoms with E-state index in [2.05, 4.69) is 14.8 Å². The SMILES string of the molecule is Cc1ccc(S(=O)(=O)Nc2ccc(F)cc2)cc1C(=O)NCc1ccccc1NS(C)(=O)=O. The normalized spacial score (nSPS) is 11.6. The van der Waals surface area contributed by atoms with E-state index in [1.807, 2.05) is 0 Å². The van der Waals surface area contributed by atoms with Gasteiger partial charge in [0.25, 0.3) is 15.9 Å². The van der Waals surface area contributed by atoms with Crippen molar-refractivity contribution in [1.82, 2.24) is 5.32 Å². The van der Waals surface area contributed by atoms with Gasteiger partial charge in [-0.2, -0.15) is 0 Å². The molecule has 0 heterocycles. The number of sulfonamides is 2. The molecule has 0 bridgehead atoms. The monoisotopic (exact) mass is 491 g/mol. The quantitative estimate of drug-likeness (QED) is 0.447. The van der Waals surface area contributed by atoms with Crippen LogP contribution < -0.4 is 14.8 Å². The van der Waals surface area contributed by atoms with Crippen LogP contribution >= 0.6 is 0 Å². The maximum absolute atomic E-state index is 13.1. The van der Waals surface area contributed by atoms with Gasteiger partial charge in [0.05, 0.1) is 16.8 Å². The van der Waals surface area contributed by atoms with Crippen LogP contribution in [-0.4, -0.2) is 29.0 Å². The highest BCUT2D eigenvalue weighted by atomic mass is 32.2. The van der Waals surface area contributed by atoms with Crippen molar-refractivity contribution in [2.24, 2.45) is 0 Å². The standard InChI is InChI=1S/C22H22FN3O5S2/c1-15-7-12-19(33(30,31)25-18-10-8-17(23)9-11-18)13-20(15)22(27)24-14-16-5-3-4-6-21(16)26-32(2,28)29/h3-13,25-26H,14H2,1-2H3,(H,24,27). The molecule has 33 heavy (non-hydrogen) atoms. The Morgan fingerprint density at radius 1 is 0.909 bits per heavy atom. The minimum absolute atomic E-state index is 0.0156. The molecule has 0 radical (unpaired) electrons. The molecule has 11 heteroatoms. The van der Waals surface area contributed by atoms with E-state index < -0.39 is 31.8 Å². The molecule has 0 saturated carbocycles. The van der Waals surface area contributed by atoms with Crippen LogP contribution in [0.15, 0.2) is 71.6 Å². The van der Waals surface area contributed by atoms with Crippen LogP contribution in [0.5, 0.6) is 0 Å². The van der Waals surface area contributed by atoms with Crippen molar-refractivity contribution in [1.29, 1.82) is 0 Å². The molecule has 3 N–H and O–H groups in total. The predicted molar refractivity (Wildman–Crippen MR) is 124 cm³/mol. The van der Waals surface area contributed by atoms with Crippen molar-refractivity contribution in [2.45, 2.75) is 18.4 Å². The van der Waals surface area contributed by atoms with Crippen LogP contribution in [0.1, 0.15) is 21.5 Å². The summed E-state index contributed by atoms with van der Waals surface area (Å²) in [6, 6.07) is 15.5. The summed E-state index contributed by atoms with van der Waals surface area (Å²) in [5.41, 5.74) is 1.74. The number of amides is 1. The predicted octanol–water partition coefficient (Wildman–Crippen LogP) is 3.24. The van der Waals surface area contributed by atoms with Crippen molar-refractivity contribution in [3.05, 3.63) is 89.2 Å². The van der Waals surface area contributed by atoms with Gasteiger partial charge >= 0.3 is 0 Å². The Bertz CT molecular complexity index is 1390. The van der Waals surface area contributed by atoms with Crippen LogP contribution in [0, 0.1) is 12.7 Å². The lowest BCUT2D eigenvalue weighted by atomic mass is 10.1. The molecule has 1 amide bonds. The number of benzene rings is 3. The molecule has 3 rings (SSSR count). The summed E-state index contributed by atoms with van der Waals surface area (Å²) in [6.45, 7) is 1.68. The highest BCUT2D eigenvalue weighted by Crippen LogP contribution is 2.21. The van der Waals surface area contributed by atoms with Gasteiger partial charge in [-0.1, -0.05) is 24.3 Å². The topological polar surface area (TPSA) is 121 Å². The largest absolute Gasteiger partial charge is 0.348 e. The summed E-state index contributed by atoms with van der Waals surface area (Å²) >= 11 is 0. The molecule has 3 aromatic carbocycles. The maximum atomic E-state index is 13.1. The van der Waals surface area contributed by atoms with Crippen LogP contribution in [0.2, 0.25) is 0 Å². The zero-order valence-corrected chi connectivity index (χ0v) is 19.4. The van der Waals surface area contributed by atoms with Gasteiger partial charge in [-0.05, 0) is 60.5 Å². The fourth-order valence-corrected chi connectivity index (χ4v) is 4.67. The number of hydrogen-bond acceptors (Lipinski definition) is 5. The highest BCUT2D eigenvalue weighted by molar-refractivity contribution is 7.92.